The van der Waals surface area contributed by atoms with E-state index in [4.69, 9.17) is 5.73 Å². The molecule has 0 radical (unpaired) electrons. The highest BCUT2D eigenvalue weighted by atomic mass is 79.9. The van der Waals surface area contributed by atoms with Gasteiger partial charge in [0.15, 0.2) is 0 Å². The molecule has 6 heteroatoms. The van der Waals surface area contributed by atoms with Gasteiger partial charge in [0.05, 0.1) is 6.04 Å². The van der Waals surface area contributed by atoms with Crippen LogP contribution in [0.5, 0.6) is 0 Å². The number of carbonyl (C=O) groups excluding carboxylic acids is 1. The molecule has 1 aromatic heterocycles. The monoisotopic (exact) mass is 367 g/mol. The van der Waals surface area contributed by atoms with E-state index in [1.165, 1.54) is 4.88 Å². The van der Waals surface area contributed by atoms with Gasteiger partial charge < -0.3 is 11.1 Å². The van der Waals surface area contributed by atoms with Gasteiger partial charge in [0.2, 0.25) is 0 Å². The average Bonchev–Trinajstić information content (AvgIpc) is 2.91. The molecule has 0 aliphatic heterocycles. The molecule has 1 atom stereocenters. The number of benzene rings is 1. The molecule has 21 heavy (non-hydrogen) atoms. The van der Waals surface area contributed by atoms with Crippen molar-refractivity contribution in [2.24, 2.45) is 0 Å². The molecule has 0 bridgehead atoms. The second-order valence-corrected chi connectivity index (χ2v) is 6.94. The molecule has 1 heterocycles. The van der Waals surface area contributed by atoms with Crippen molar-refractivity contribution in [3.05, 3.63) is 43.8 Å². The number of hydrogen-bond donors (Lipinski definition) is 2. The molecule has 1 unspecified atom stereocenters. The zero-order chi connectivity index (χ0) is 15.6. The Morgan fingerprint density at radius 1 is 1.52 bits per heavy atom. The second kappa shape index (κ2) is 6.58. The Morgan fingerprint density at radius 2 is 2.24 bits per heavy atom. The lowest BCUT2D eigenvalue weighted by Gasteiger charge is -2.14. The summed E-state index contributed by atoms with van der Waals surface area (Å²) in [4.78, 5) is 18.0. The summed E-state index contributed by atoms with van der Waals surface area (Å²) >= 11 is 5.00. The van der Waals surface area contributed by atoms with Crippen molar-refractivity contribution in [2.45, 2.75) is 33.2 Å². The summed E-state index contributed by atoms with van der Waals surface area (Å²) in [6.45, 7) is 5.88. The van der Waals surface area contributed by atoms with Crippen LogP contribution in [0, 0.1) is 6.92 Å². The minimum Gasteiger partial charge on any atom is -0.398 e. The van der Waals surface area contributed by atoms with E-state index in [0.29, 0.717) is 11.3 Å². The highest BCUT2D eigenvalue weighted by Gasteiger charge is 2.17. The minimum atomic E-state index is -0.138. The van der Waals surface area contributed by atoms with Gasteiger partial charge in [0.25, 0.3) is 5.91 Å². The van der Waals surface area contributed by atoms with E-state index < -0.39 is 0 Å². The van der Waals surface area contributed by atoms with E-state index in [1.54, 1.807) is 23.5 Å². The number of anilines is 1. The van der Waals surface area contributed by atoms with Crippen molar-refractivity contribution in [1.82, 2.24) is 10.3 Å². The third-order valence-corrected chi connectivity index (χ3v) is 5.08. The third kappa shape index (κ3) is 3.63. The van der Waals surface area contributed by atoms with Crippen LogP contribution in [0.2, 0.25) is 0 Å². The van der Waals surface area contributed by atoms with Crippen molar-refractivity contribution in [1.29, 1.82) is 0 Å². The third-order valence-electron chi connectivity index (χ3n) is 3.30. The molecule has 0 fully saturated rings. The SMILES string of the molecule is CCc1cnc(C(C)NC(=O)c2cc(Br)cc(N)c2C)s1. The second-order valence-electron chi connectivity index (χ2n) is 4.88. The number of nitrogens with zero attached hydrogens (tertiary/aromatic N) is 1. The van der Waals surface area contributed by atoms with Crippen LogP contribution in [-0.4, -0.2) is 10.9 Å². The van der Waals surface area contributed by atoms with Gasteiger partial charge in [-0.25, -0.2) is 4.98 Å². The van der Waals surface area contributed by atoms with Crippen molar-refractivity contribution >= 4 is 38.9 Å². The first kappa shape index (κ1) is 16.0. The summed E-state index contributed by atoms with van der Waals surface area (Å²) in [6, 6.07) is 3.46. The van der Waals surface area contributed by atoms with Crippen molar-refractivity contribution in [3.63, 3.8) is 0 Å². The van der Waals surface area contributed by atoms with E-state index in [9.17, 15) is 4.79 Å². The van der Waals surface area contributed by atoms with E-state index in [2.05, 4.69) is 33.2 Å². The largest absolute Gasteiger partial charge is 0.398 e. The molecule has 0 aliphatic rings. The Morgan fingerprint density at radius 3 is 2.86 bits per heavy atom. The fraction of sp³-hybridized carbons (Fsp3) is 0.333. The first-order valence-corrected chi connectivity index (χ1v) is 8.34. The maximum atomic E-state index is 12.4. The molecule has 112 valence electrons. The molecule has 0 saturated heterocycles. The number of halogens is 1. The fourth-order valence-corrected chi connectivity index (χ4v) is 3.29. The number of hydrogen-bond acceptors (Lipinski definition) is 4. The molecule has 3 N–H and O–H groups in total. The smallest absolute Gasteiger partial charge is 0.252 e. The number of thiazole rings is 1. The Balaban J connectivity index is 2.18. The van der Waals surface area contributed by atoms with Crippen LogP contribution in [0.4, 0.5) is 5.69 Å². The van der Waals surface area contributed by atoms with Gasteiger partial charge in [0, 0.05) is 26.8 Å². The lowest BCUT2D eigenvalue weighted by molar-refractivity contribution is 0.0939. The molecule has 4 nitrogen and oxygen atoms in total. The van der Waals surface area contributed by atoms with Crippen LogP contribution in [0.25, 0.3) is 0 Å². The maximum Gasteiger partial charge on any atom is 0.252 e. The van der Waals surface area contributed by atoms with E-state index in [1.807, 2.05) is 20.0 Å². The Hall–Kier alpha value is -1.40. The van der Waals surface area contributed by atoms with Gasteiger partial charge in [-0.2, -0.15) is 0 Å². The number of aryl methyl sites for hydroxylation is 1. The summed E-state index contributed by atoms with van der Waals surface area (Å²) < 4.78 is 0.797. The number of carbonyl (C=O) groups is 1. The van der Waals surface area contributed by atoms with Crippen LogP contribution < -0.4 is 11.1 Å². The molecule has 0 aliphatic carbocycles. The fourth-order valence-electron chi connectivity index (χ4n) is 1.96. The number of nitrogen functional groups attached to an aromatic ring is 1. The molecule has 2 rings (SSSR count). The Labute approximate surface area is 136 Å². The van der Waals surface area contributed by atoms with E-state index in [0.717, 1.165) is 21.5 Å². The number of nitrogens with one attached hydrogen (secondary N) is 1. The molecule has 0 spiro atoms. The number of aromatic nitrogens is 1. The normalized spacial score (nSPS) is 12.2. The molecular formula is C15H18BrN3OS. The lowest BCUT2D eigenvalue weighted by atomic mass is 10.1. The van der Waals surface area contributed by atoms with Crippen LogP contribution >= 0.6 is 27.3 Å². The van der Waals surface area contributed by atoms with Gasteiger partial charge in [0.1, 0.15) is 5.01 Å². The minimum absolute atomic E-state index is 0.123. The summed E-state index contributed by atoms with van der Waals surface area (Å²) in [7, 11) is 0. The quantitative estimate of drug-likeness (QED) is 0.806. The topological polar surface area (TPSA) is 68.0 Å². The predicted molar refractivity (Wildman–Crippen MR) is 90.7 cm³/mol. The zero-order valence-electron chi connectivity index (χ0n) is 12.2. The van der Waals surface area contributed by atoms with Crippen LogP contribution in [-0.2, 0) is 6.42 Å². The van der Waals surface area contributed by atoms with Gasteiger partial charge in [-0.15, -0.1) is 11.3 Å². The molecule has 1 amide bonds. The predicted octanol–water partition coefficient (Wildman–Crippen LogP) is 3.85. The molecule has 1 aromatic carbocycles. The number of nitrogens with two attached hydrogens (primary N) is 1. The first-order chi connectivity index (χ1) is 9.92. The number of rotatable bonds is 4. The van der Waals surface area contributed by atoms with E-state index >= 15 is 0 Å². The highest BCUT2D eigenvalue weighted by molar-refractivity contribution is 9.10. The summed E-state index contributed by atoms with van der Waals surface area (Å²) in [6.07, 6.45) is 2.82. The zero-order valence-corrected chi connectivity index (χ0v) is 14.6. The standard InChI is InChI=1S/C15H18BrN3OS/c1-4-11-7-18-15(21-11)9(3)19-14(20)12-5-10(16)6-13(17)8(12)2/h5-7,9H,4,17H2,1-3H3,(H,19,20). The first-order valence-electron chi connectivity index (χ1n) is 6.73. The summed E-state index contributed by atoms with van der Waals surface area (Å²) in [5, 5.41) is 3.90. The summed E-state index contributed by atoms with van der Waals surface area (Å²) in [5.41, 5.74) is 7.88. The van der Waals surface area contributed by atoms with Gasteiger partial charge in [-0.3, -0.25) is 4.79 Å². The van der Waals surface area contributed by atoms with Gasteiger partial charge in [-0.05, 0) is 38.0 Å². The van der Waals surface area contributed by atoms with Gasteiger partial charge >= 0.3 is 0 Å². The van der Waals surface area contributed by atoms with E-state index in [-0.39, 0.29) is 11.9 Å². The highest BCUT2D eigenvalue weighted by Crippen LogP contribution is 2.24. The van der Waals surface area contributed by atoms with Gasteiger partial charge in [-0.1, -0.05) is 22.9 Å². The van der Waals surface area contributed by atoms with Crippen molar-refractivity contribution in [3.8, 4) is 0 Å². The van der Waals surface area contributed by atoms with Crippen LogP contribution in [0.3, 0.4) is 0 Å². The Kier molecular flexibility index (Phi) is 5.00. The molecular weight excluding hydrogens is 350 g/mol. The Bertz CT molecular complexity index is 669. The van der Waals surface area contributed by atoms with Crippen molar-refractivity contribution in [2.75, 3.05) is 5.73 Å². The average molecular weight is 368 g/mol. The maximum absolute atomic E-state index is 12.4. The lowest BCUT2D eigenvalue weighted by Crippen LogP contribution is -2.27. The number of amides is 1. The van der Waals surface area contributed by atoms with Crippen molar-refractivity contribution < 1.29 is 4.79 Å². The van der Waals surface area contributed by atoms with Crippen LogP contribution in [0.1, 0.15) is 45.7 Å². The molecule has 2 aromatic rings. The molecule has 0 saturated carbocycles. The van der Waals surface area contributed by atoms with Crippen LogP contribution in [0.15, 0.2) is 22.8 Å². The summed E-state index contributed by atoms with van der Waals surface area (Å²) in [5.74, 6) is -0.138.